The number of nitrogens with one attached hydrogen (secondary N) is 2. The van der Waals surface area contributed by atoms with Gasteiger partial charge in [-0.2, -0.15) is 5.10 Å². The van der Waals surface area contributed by atoms with Crippen LogP contribution in [0.4, 0.5) is 5.82 Å². The molecule has 1 atom stereocenters. The Hall–Kier alpha value is -3.00. The first kappa shape index (κ1) is 16.5. The highest BCUT2D eigenvalue weighted by Crippen LogP contribution is 2.30. The number of piperidine rings is 1. The van der Waals surface area contributed by atoms with Crippen LogP contribution in [0.15, 0.2) is 30.9 Å². The van der Waals surface area contributed by atoms with Gasteiger partial charge in [-0.25, -0.2) is 9.97 Å². The van der Waals surface area contributed by atoms with Gasteiger partial charge < -0.3 is 16.4 Å². The fraction of sp³-hybridized carbons (Fsp3) is 0.333. The second-order valence-corrected chi connectivity index (χ2v) is 6.60. The molecule has 0 unspecified atom stereocenters. The van der Waals surface area contributed by atoms with Gasteiger partial charge in [0.15, 0.2) is 0 Å². The zero-order valence-corrected chi connectivity index (χ0v) is 14.6. The van der Waals surface area contributed by atoms with Crippen molar-refractivity contribution in [1.29, 1.82) is 0 Å². The van der Waals surface area contributed by atoms with Crippen LogP contribution in [0, 0.1) is 0 Å². The van der Waals surface area contributed by atoms with Crippen molar-refractivity contribution >= 4 is 22.6 Å². The number of benzene rings is 1. The van der Waals surface area contributed by atoms with Gasteiger partial charge >= 0.3 is 0 Å². The third-order valence-corrected chi connectivity index (χ3v) is 4.68. The average Bonchev–Trinajstić information content (AvgIpc) is 3.08. The second kappa shape index (κ2) is 6.72. The summed E-state index contributed by atoms with van der Waals surface area (Å²) in [5, 5.41) is 11.9. The molecule has 26 heavy (non-hydrogen) atoms. The van der Waals surface area contributed by atoms with Gasteiger partial charge in [-0.1, -0.05) is 0 Å². The zero-order chi connectivity index (χ0) is 18.1. The zero-order valence-electron chi connectivity index (χ0n) is 14.6. The molecule has 1 saturated heterocycles. The van der Waals surface area contributed by atoms with Gasteiger partial charge in [0.25, 0.3) is 5.91 Å². The molecule has 4 N–H and O–H groups in total. The van der Waals surface area contributed by atoms with Crippen LogP contribution < -0.4 is 16.4 Å². The van der Waals surface area contributed by atoms with E-state index in [1.54, 1.807) is 16.9 Å². The van der Waals surface area contributed by atoms with Gasteiger partial charge in [-0.15, -0.1) is 0 Å². The maximum Gasteiger partial charge on any atom is 0.250 e. The second-order valence-electron chi connectivity index (χ2n) is 6.60. The molecular formula is C18H21N7O. The molecule has 3 aromatic rings. The van der Waals surface area contributed by atoms with Crippen molar-refractivity contribution in [3.63, 3.8) is 0 Å². The Bertz CT molecular complexity index is 959. The number of hydrogen-bond acceptors (Lipinski definition) is 6. The van der Waals surface area contributed by atoms with Crippen LogP contribution in [0.2, 0.25) is 0 Å². The van der Waals surface area contributed by atoms with Crippen LogP contribution in [0.25, 0.3) is 22.0 Å². The predicted octanol–water partition coefficient (Wildman–Crippen LogP) is 1.29. The van der Waals surface area contributed by atoms with Crippen molar-refractivity contribution < 1.29 is 4.79 Å². The predicted molar refractivity (Wildman–Crippen MR) is 99.8 cm³/mol. The van der Waals surface area contributed by atoms with E-state index in [0.29, 0.717) is 17.1 Å². The van der Waals surface area contributed by atoms with Crippen LogP contribution in [-0.4, -0.2) is 44.8 Å². The summed E-state index contributed by atoms with van der Waals surface area (Å²) in [6.07, 6.45) is 7.32. The summed E-state index contributed by atoms with van der Waals surface area (Å²) in [4.78, 5) is 20.7. The van der Waals surface area contributed by atoms with Gasteiger partial charge in [-0.05, 0) is 37.1 Å². The highest BCUT2D eigenvalue weighted by molar-refractivity contribution is 6.08. The number of aryl methyl sites for hydroxylation is 1. The molecule has 8 nitrogen and oxygen atoms in total. The first-order valence-electron chi connectivity index (χ1n) is 8.66. The number of anilines is 1. The number of rotatable bonds is 4. The molecule has 1 amide bonds. The SMILES string of the molecule is Cn1cc(-c2cc(C(N)=O)c3ncnc(N[C@H]4CCCNC4)c3c2)cn1. The first-order chi connectivity index (χ1) is 12.6. The quantitative estimate of drug-likeness (QED) is 0.653. The van der Waals surface area contributed by atoms with Crippen molar-refractivity contribution in [1.82, 2.24) is 25.1 Å². The molecule has 0 spiro atoms. The molecular weight excluding hydrogens is 330 g/mol. The molecule has 0 aliphatic carbocycles. The summed E-state index contributed by atoms with van der Waals surface area (Å²) in [6.45, 7) is 1.93. The molecule has 0 bridgehead atoms. The molecule has 3 heterocycles. The summed E-state index contributed by atoms with van der Waals surface area (Å²) in [5.74, 6) is 0.210. The minimum absolute atomic E-state index is 0.293. The number of hydrogen-bond donors (Lipinski definition) is 3. The number of amides is 1. The average molecular weight is 351 g/mol. The van der Waals surface area contributed by atoms with Crippen molar-refractivity contribution in [3.8, 4) is 11.1 Å². The minimum Gasteiger partial charge on any atom is -0.366 e. The van der Waals surface area contributed by atoms with Crippen LogP contribution in [0.3, 0.4) is 0 Å². The number of carbonyl (C=O) groups excluding carboxylic acids is 1. The smallest absolute Gasteiger partial charge is 0.250 e. The van der Waals surface area contributed by atoms with E-state index in [9.17, 15) is 4.79 Å². The lowest BCUT2D eigenvalue weighted by Crippen LogP contribution is -2.38. The molecule has 2 aromatic heterocycles. The van der Waals surface area contributed by atoms with E-state index in [4.69, 9.17) is 5.73 Å². The fourth-order valence-electron chi connectivity index (χ4n) is 3.38. The summed E-state index contributed by atoms with van der Waals surface area (Å²) < 4.78 is 1.72. The first-order valence-corrected chi connectivity index (χ1v) is 8.66. The highest BCUT2D eigenvalue weighted by Gasteiger charge is 2.18. The fourth-order valence-corrected chi connectivity index (χ4v) is 3.38. The number of nitrogens with two attached hydrogens (primary N) is 1. The Morgan fingerprint density at radius 3 is 2.92 bits per heavy atom. The van der Waals surface area contributed by atoms with Gasteiger partial charge in [0.2, 0.25) is 0 Å². The number of nitrogens with zero attached hydrogens (tertiary/aromatic N) is 4. The van der Waals surface area contributed by atoms with E-state index in [0.717, 1.165) is 48.3 Å². The van der Waals surface area contributed by atoms with Gasteiger partial charge in [-0.3, -0.25) is 9.48 Å². The molecule has 4 rings (SSSR count). The summed E-state index contributed by atoms with van der Waals surface area (Å²) >= 11 is 0. The lowest BCUT2D eigenvalue weighted by Gasteiger charge is -2.24. The molecule has 0 saturated carbocycles. The van der Waals surface area contributed by atoms with Crippen molar-refractivity contribution in [2.45, 2.75) is 18.9 Å². The normalized spacial score (nSPS) is 17.3. The Labute approximate surface area is 150 Å². The van der Waals surface area contributed by atoms with E-state index in [1.807, 2.05) is 19.3 Å². The van der Waals surface area contributed by atoms with Crippen LogP contribution in [0.5, 0.6) is 0 Å². The Morgan fingerprint density at radius 2 is 2.23 bits per heavy atom. The standard InChI is InChI=1S/C18H21N7O/c1-25-9-12(7-23-25)11-5-14(17(19)26)16-15(6-11)18(22-10-21-16)24-13-3-2-4-20-8-13/h5-7,9-10,13,20H,2-4,8H2,1H3,(H2,19,26)(H,21,22,24)/t13-/m0/s1. The lowest BCUT2D eigenvalue weighted by atomic mass is 10.0. The maximum absolute atomic E-state index is 12.0. The molecule has 8 heteroatoms. The monoisotopic (exact) mass is 351 g/mol. The number of fused-ring (bicyclic) bond motifs is 1. The topological polar surface area (TPSA) is 111 Å². The third-order valence-electron chi connectivity index (χ3n) is 4.68. The highest BCUT2D eigenvalue weighted by atomic mass is 16.1. The van der Waals surface area contributed by atoms with Gasteiger partial charge in [0.1, 0.15) is 12.1 Å². The molecule has 1 aliphatic heterocycles. The van der Waals surface area contributed by atoms with Crippen molar-refractivity contribution in [2.75, 3.05) is 18.4 Å². The van der Waals surface area contributed by atoms with Crippen LogP contribution in [-0.2, 0) is 7.05 Å². The maximum atomic E-state index is 12.0. The molecule has 1 aromatic carbocycles. The van der Waals surface area contributed by atoms with E-state index in [-0.39, 0.29) is 0 Å². The Morgan fingerprint density at radius 1 is 1.35 bits per heavy atom. The number of carbonyl (C=O) groups is 1. The van der Waals surface area contributed by atoms with Crippen LogP contribution in [0.1, 0.15) is 23.2 Å². The minimum atomic E-state index is -0.510. The third kappa shape index (κ3) is 3.11. The summed E-state index contributed by atoms with van der Waals surface area (Å²) in [7, 11) is 1.85. The van der Waals surface area contributed by atoms with Crippen molar-refractivity contribution in [3.05, 3.63) is 36.4 Å². The molecule has 1 aliphatic rings. The van der Waals surface area contributed by atoms with Gasteiger partial charge in [0.05, 0.1) is 17.3 Å². The number of aromatic nitrogens is 4. The van der Waals surface area contributed by atoms with E-state index < -0.39 is 5.91 Å². The summed E-state index contributed by atoms with van der Waals surface area (Å²) in [5.41, 5.74) is 8.33. The van der Waals surface area contributed by atoms with E-state index >= 15 is 0 Å². The van der Waals surface area contributed by atoms with Gasteiger partial charge in [0, 0.05) is 36.8 Å². The molecule has 0 radical (unpaired) electrons. The Kier molecular flexibility index (Phi) is 4.26. The summed E-state index contributed by atoms with van der Waals surface area (Å²) in [6, 6.07) is 4.04. The molecule has 1 fully saturated rings. The van der Waals surface area contributed by atoms with E-state index in [1.165, 1.54) is 6.33 Å². The van der Waals surface area contributed by atoms with Crippen LogP contribution >= 0.6 is 0 Å². The van der Waals surface area contributed by atoms with Crippen molar-refractivity contribution in [2.24, 2.45) is 12.8 Å². The number of primary amides is 1. The lowest BCUT2D eigenvalue weighted by molar-refractivity contribution is 0.100. The van der Waals surface area contributed by atoms with E-state index in [2.05, 4.69) is 25.7 Å². The Balaban J connectivity index is 1.84. The largest absolute Gasteiger partial charge is 0.366 e. The molecule has 134 valence electrons.